The van der Waals surface area contributed by atoms with Crippen LogP contribution in [0.2, 0.25) is 0 Å². The van der Waals surface area contributed by atoms with E-state index in [9.17, 15) is 19.8 Å². The highest BCUT2D eigenvalue weighted by Crippen LogP contribution is 2.30. The zero-order valence-electron chi connectivity index (χ0n) is 18.7. The van der Waals surface area contributed by atoms with Gasteiger partial charge in [-0.1, -0.05) is 16.5 Å². The fraction of sp³-hybridized carbons (Fsp3) is 0. The minimum atomic E-state index is -1.25. The van der Waals surface area contributed by atoms with E-state index >= 15 is 0 Å². The van der Waals surface area contributed by atoms with Crippen molar-refractivity contribution in [3.05, 3.63) is 73.1 Å². The van der Waals surface area contributed by atoms with Crippen molar-refractivity contribution in [3.8, 4) is 45.6 Å². The van der Waals surface area contributed by atoms with E-state index in [1.807, 2.05) is 45.2 Å². The topological polar surface area (TPSA) is 189 Å². The maximum absolute atomic E-state index is 11.2. The minimum absolute atomic E-state index is 0.228. The van der Waals surface area contributed by atoms with E-state index in [0.29, 0.717) is 41.6 Å². The Hall–Kier alpha value is -4.13. The Kier molecular flexibility index (Phi) is 6.69. The molecule has 0 saturated carbocycles. The van der Waals surface area contributed by atoms with E-state index in [1.54, 1.807) is 18.2 Å². The van der Waals surface area contributed by atoms with Crippen molar-refractivity contribution in [1.82, 2.24) is 35.0 Å². The molecule has 0 radical (unpaired) electrons. The number of carboxylic acid groups (broad SMARTS) is 2. The summed E-state index contributed by atoms with van der Waals surface area (Å²) >= 11 is 4.07. The van der Waals surface area contributed by atoms with E-state index in [1.165, 1.54) is 45.8 Å². The van der Waals surface area contributed by atoms with Gasteiger partial charge in [0, 0.05) is 12.1 Å². The van der Waals surface area contributed by atoms with Crippen molar-refractivity contribution >= 4 is 57.1 Å². The zero-order chi connectivity index (χ0) is 27.1. The molecule has 190 valence electrons. The molecule has 15 heteroatoms. The Bertz CT molecular complexity index is 1630. The first kappa shape index (κ1) is 25.5. The number of aromatic nitrogens is 7. The Morgan fingerprint density at radius 2 is 1.11 bits per heavy atom. The van der Waals surface area contributed by atoms with Crippen LogP contribution in [0.15, 0.2) is 54.6 Å². The average Bonchev–Trinajstić information content (AvgIpc) is 3.46. The van der Waals surface area contributed by atoms with Gasteiger partial charge >= 0.3 is 11.9 Å². The highest BCUT2D eigenvalue weighted by Gasteiger charge is 2.20. The molecule has 4 N–H and O–H groups in total. The summed E-state index contributed by atoms with van der Waals surface area (Å²) in [6.07, 6.45) is 0. The first-order chi connectivity index (χ1) is 18.2. The molecule has 5 rings (SSSR count). The number of benzene rings is 2. The number of pyridine rings is 1. The zero-order valence-corrected chi connectivity index (χ0v) is 23.0. The lowest BCUT2D eigenvalue weighted by molar-refractivity contribution is 0.0682. The van der Waals surface area contributed by atoms with Crippen LogP contribution in [-0.4, -0.2) is 67.3 Å². The van der Waals surface area contributed by atoms with Crippen molar-refractivity contribution in [2.45, 2.75) is 0 Å². The lowest BCUT2D eigenvalue weighted by Gasteiger charge is -2.06. The van der Waals surface area contributed by atoms with Crippen LogP contribution in [0.3, 0.4) is 0 Å². The minimum Gasteiger partial charge on any atom is -0.507 e. The Morgan fingerprint density at radius 1 is 0.684 bits per heavy atom. The molecule has 0 aliphatic carbocycles. The van der Waals surface area contributed by atoms with Crippen molar-refractivity contribution in [2.75, 3.05) is 0 Å². The predicted octanol–water partition coefficient (Wildman–Crippen LogP) is 3.59. The van der Waals surface area contributed by atoms with Crippen LogP contribution in [0.4, 0.5) is 0 Å². The first-order valence-electron chi connectivity index (χ1n) is 10.5. The number of hydrogen-bond acceptors (Lipinski definition) is 9. The third kappa shape index (κ3) is 4.53. The van der Waals surface area contributed by atoms with E-state index in [-0.39, 0.29) is 11.1 Å². The fourth-order valence-electron chi connectivity index (χ4n) is 3.55. The summed E-state index contributed by atoms with van der Waals surface area (Å²) in [5.74, 6) is -3.28. The number of rotatable bonds is 6. The molecule has 5 aromatic rings. The fourth-order valence-corrected chi connectivity index (χ4v) is 5.07. The molecule has 0 bridgehead atoms. The summed E-state index contributed by atoms with van der Waals surface area (Å²) < 4.78 is 4.04. The SMILES string of the molecule is O=C(O)c1ccc(-n2nnc(-c3cccc(-c4nnn(-c5ccc(C(=O)O)c(O)c5)c4I)n3)c2I)cc1O. The van der Waals surface area contributed by atoms with Gasteiger partial charge in [-0.15, -0.1) is 10.2 Å². The van der Waals surface area contributed by atoms with Crippen LogP contribution < -0.4 is 0 Å². The molecule has 0 amide bonds. The number of carboxylic acids is 2. The monoisotopic (exact) mass is 737 g/mol. The van der Waals surface area contributed by atoms with Crippen molar-refractivity contribution < 1.29 is 30.0 Å². The second-order valence-corrected chi connectivity index (χ2v) is 9.75. The van der Waals surface area contributed by atoms with Gasteiger partial charge in [-0.2, -0.15) is 0 Å². The number of nitrogens with zero attached hydrogens (tertiary/aromatic N) is 7. The van der Waals surface area contributed by atoms with Crippen molar-refractivity contribution in [2.24, 2.45) is 0 Å². The second-order valence-electron chi connectivity index (χ2n) is 7.70. The third-order valence-corrected chi connectivity index (χ3v) is 7.31. The summed E-state index contributed by atoms with van der Waals surface area (Å²) in [6, 6.07) is 13.4. The van der Waals surface area contributed by atoms with Gasteiger partial charge in [0.1, 0.15) is 41.4 Å². The molecule has 2 aromatic carbocycles. The van der Waals surface area contributed by atoms with Gasteiger partial charge in [-0.05, 0) is 81.6 Å². The van der Waals surface area contributed by atoms with Crippen molar-refractivity contribution in [3.63, 3.8) is 0 Å². The van der Waals surface area contributed by atoms with Gasteiger partial charge < -0.3 is 20.4 Å². The number of phenols is 2. The van der Waals surface area contributed by atoms with Crippen LogP contribution in [0.25, 0.3) is 34.2 Å². The number of aromatic carboxylic acids is 2. The molecule has 13 nitrogen and oxygen atoms in total. The number of hydrogen-bond donors (Lipinski definition) is 4. The molecule has 38 heavy (non-hydrogen) atoms. The molecule has 0 unspecified atom stereocenters. The largest absolute Gasteiger partial charge is 0.507 e. The summed E-state index contributed by atoms with van der Waals surface area (Å²) in [7, 11) is 0. The van der Waals surface area contributed by atoms with Gasteiger partial charge in [0.05, 0.1) is 22.8 Å². The molecular formula is C23H13I2N7O6. The predicted molar refractivity (Wildman–Crippen MR) is 148 cm³/mol. The molecule has 0 atom stereocenters. The molecule has 0 aliphatic rings. The lowest BCUT2D eigenvalue weighted by Crippen LogP contribution is -2.02. The Labute approximate surface area is 239 Å². The maximum atomic E-state index is 11.2. The highest BCUT2D eigenvalue weighted by molar-refractivity contribution is 14.1. The summed E-state index contributed by atoms with van der Waals surface area (Å²) in [4.78, 5) is 27.0. The van der Waals surface area contributed by atoms with E-state index in [0.717, 1.165) is 0 Å². The first-order valence-corrected chi connectivity index (χ1v) is 12.6. The van der Waals surface area contributed by atoms with E-state index < -0.39 is 23.4 Å². The lowest BCUT2D eigenvalue weighted by atomic mass is 10.2. The van der Waals surface area contributed by atoms with Crippen molar-refractivity contribution in [1.29, 1.82) is 0 Å². The molecule has 0 saturated heterocycles. The van der Waals surface area contributed by atoms with Gasteiger partial charge in [0.25, 0.3) is 0 Å². The maximum Gasteiger partial charge on any atom is 0.339 e. The number of halogens is 2. The smallest absolute Gasteiger partial charge is 0.339 e. The van der Waals surface area contributed by atoms with Gasteiger partial charge in [-0.25, -0.2) is 23.9 Å². The van der Waals surface area contributed by atoms with Crippen LogP contribution in [0, 0.1) is 7.40 Å². The molecule has 0 fully saturated rings. The van der Waals surface area contributed by atoms with Crippen LogP contribution in [0.1, 0.15) is 20.7 Å². The normalized spacial score (nSPS) is 11.0. The molecule has 0 spiro atoms. The molecule has 0 aliphatic heterocycles. The van der Waals surface area contributed by atoms with Gasteiger partial charge in [0.15, 0.2) is 0 Å². The molecular weight excluding hydrogens is 724 g/mol. The summed E-state index contributed by atoms with van der Waals surface area (Å²) in [5, 5.41) is 55.1. The standard InChI is InChI=1S/C23H13I2N7O6/c24-20-18(27-29-31(20)10-4-6-12(22(35)36)16(33)8-10)14-2-1-3-15(26-14)19-21(25)32(30-28-19)11-5-7-13(23(37)38)17(34)9-11/h1-9,33-34H,(H,35,36)(H,37,38). The quantitative estimate of drug-likeness (QED) is 0.187. The summed E-state index contributed by atoms with van der Waals surface area (Å²) in [6.45, 7) is 0. The van der Waals surface area contributed by atoms with Crippen LogP contribution in [-0.2, 0) is 0 Å². The second kappa shape index (κ2) is 9.97. The third-order valence-electron chi connectivity index (χ3n) is 5.38. The van der Waals surface area contributed by atoms with Crippen LogP contribution >= 0.6 is 45.2 Å². The molecule has 3 aromatic heterocycles. The van der Waals surface area contributed by atoms with Crippen LogP contribution in [0.5, 0.6) is 11.5 Å². The number of carbonyl (C=O) groups is 2. The number of aromatic hydroxyl groups is 2. The Morgan fingerprint density at radius 3 is 1.47 bits per heavy atom. The highest BCUT2D eigenvalue weighted by atomic mass is 127. The van der Waals surface area contributed by atoms with Gasteiger partial charge in [0.2, 0.25) is 0 Å². The Balaban J connectivity index is 1.49. The summed E-state index contributed by atoms with van der Waals surface area (Å²) in [5.41, 5.74) is 2.25. The average molecular weight is 737 g/mol. The molecule has 3 heterocycles. The van der Waals surface area contributed by atoms with E-state index in [4.69, 9.17) is 10.2 Å². The van der Waals surface area contributed by atoms with E-state index in [2.05, 4.69) is 25.6 Å². The van der Waals surface area contributed by atoms with Gasteiger partial charge in [-0.3, -0.25) is 0 Å².